The van der Waals surface area contributed by atoms with Crippen molar-refractivity contribution in [3.63, 3.8) is 0 Å². The first kappa shape index (κ1) is 20.3. The maximum Gasteiger partial charge on any atom is 0.223 e. The van der Waals surface area contributed by atoms with Gasteiger partial charge in [-0.2, -0.15) is 0 Å². The van der Waals surface area contributed by atoms with Crippen LogP contribution in [0.25, 0.3) is 17.0 Å². The van der Waals surface area contributed by atoms with Crippen molar-refractivity contribution in [2.24, 2.45) is 0 Å². The van der Waals surface area contributed by atoms with Gasteiger partial charge in [-0.05, 0) is 57.4 Å². The van der Waals surface area contributed by atoms with E-state index in [4.69, 9.17) is 4.98 Å². The molecule has 0 amide bonds. The molecule has 4 heterocycles. The smallest absolute Gasteiger partial charge is 0.223 e. The Morgan fingerprint density at radius 2 is 1.78 bits per heavy atom. The molecule has 0 saturated heterocycles. The zero-order valence-electron chi connectivity index (χ0n) is 18.3. The van der Waals surface area contributed by atoms with E-state index in [0.717, 1.165) is 41.1 Å². The van der Waals surface area contributed by atoms with Crippen LogP contribution < -0.4 is 16.0 Å². The average molecular weight is 430 g/mol. The lowest BCUT2D eigenvalue weighted by Gasteiger charge is -2.28. The van der Waals surface area contributed by atoms with Gasteiger partial charge in [0.25, 0.3) is 0 Å². The highest BCUT2D eigenvalue weighted by Gasteiger charge is 2.21. The van der Waals surface area contributed by atoms with Gasteiger partial charge in [-0.1, -0.05) is 0 Å². The molecule has 0 bridgehead atoms. The van der Waals surface area contributed by atoms with Crippen molar-refractivity contribution in [2.45, 2.75) is 44.7 Å². The van der Waals surface area contributed by atoms with E-state index in [-0.39, 0.29) is 0 Å². The normalized spacial score (nSPS) is 18.6. The minimum absolute atomic E-state index is 0.403. The Hall–Kier alpha value is -3.59. The lowest BCUT2D eigenvalue weighted by molar-refractivity contribution is 0.370. The van der Waals surface area contributed by atoms with Crippen LogP contribution in [-0.2, 0) is 0 Å². The average Bonchev–Trinajstić information content (AvgIpc) is 3.24. The van der Waals surface area contributed by atoms with Gasteiger partial charge in [0.2, 0.25) is 5.95 Å². The zero-order valence-corrected chi connectivity index (χ0v) is 18.3. The Bertz CT molecular complexity index is 1200. The number of rotatable bonds is 6. The quantitative estimate of drug-likeness (QED) is 0.427. The second kappa shape index (κ2) is 8.88. The molecule has 1 aliphatic carbocycles. The number of imidazole rings is 1. The van der Waals surface area contributed by atoms with Crippen LogP contribution in [0.4, 0.5) is 17.5 Å². The third kappa shape index (κ3) is 4.24. The van der Waals surface area contributed by atoms with E-state index in [1.807, 2.05) is 49.1 Å². The molecule has 5 rings (SSSR count). The standard InChI is InChI=1S/C23H27N9/c1-15-11-28-23(30-17-5-3-16(24-2)4-6-17)31-22(15)19-12-27-21-8-7-18(14-32(19)21)29-20-13-25-9-10-26-20/h7-14,16-17,24H,3-6H2,1-2H3,(H,26,29)(H,28,30,31). The third-order valence-electron chi connectivity index (χ3n) is 6.02. The van der Waals surface area contributed by atoms with Crippen molar-refractivity contribution in [2.75, 3.05) is 17.7 Å². The van der Waals surface area contributed by atoms with E-state index in [1.54, 1.807) is 18.6 Å². The number of aromatic nitrogens is 6. The van der Waals surface area contributed by atoms with Crippen molar-refractivity contribution >= 4 is 23.1 Å². The molecule has 1 aliphatic rings. The molecule has 9 nitrogen and oxygen atoms in total. The molecule has 32 heavy (non-hydrogen) atoms. The van der Waals surface area contributed by atoms with Gasteiger partial charge in [-0.3, -0.25) is 9.38 Å². The number of pyridine rings is 1. The topological polar surface area (TPSA) is 105 Å². The van der Waals surface area contributed by atoms with Gasteiger partial charge in [-0.25, -0.2) is 19.9 Å². The fourth-order valence-corrected chi connectivity index (χ4v) is 4.22. The molecule has 0 atom stereocenters. The number of fused-ring (bicyclic) bond motifs is 1. The molecule has 164 valence electrons. The van der Waals surface area contributed by atoms with Crippen LogP contribution in [0.2, 0.25) is 0 Å². The highest BCUT2D eigenvalue weighted by Crippen LogP contribution is 2.26. The van der Waals surface area contributed by atoms with Gasteiger partial charge in [0.1, 0.15) is 11.5 Å². The predicted octanol–water partition coefficient (Wildman–Crippen LogP) is 3.58. The fraction of sp³-hybridized carbons (Fsp3) is 0.348. The van der Waals surface area contributed by atoms with Crippen LogP contribution in [0.3, 0.4) is 0 Å². The highest BCUT2D eigenvalue weighted by molar-refractivity contribution is 5.66. The largest absolute Gasteiger partial charge is 0.351 e. The van der Waals surface area contributed by atoms with E-state index >= 15 is 0 Å². The predicted molar refractivity (Wildman–Crippen MR) is 125 cm³/mol. The summed E-state index contributed by atoms with van der Waals surface area (Å²) < 4.78 is 2.04. The summed E-state index contributed by atoms with van der Waals surface area (Å²) in [4.78, 5) is 22.4. The van der Waals surface area contributed by atoms with Gasteiger partial charge in [-0.15, -0.1) is 0 Å². The number of aryl methyl sites for hydroxylation is 1. The summed E-state index contributed by atoms with van der Waals surface area (Å²) in [7, 11) is 2.04. The Morgan fingerprint density at radius 1 is 0.938 bits per heavy atom. The van der Waals surface area contributed by atoms with Crippen LogP contribution in [0.5, 0.6) is 0 Å². The SMILES string of the molecule is CNC1CCC(Nc2ncc(C)c(-c3cnc4ccc(Nc5cnccn5)cn34)n2)CC1. The van der Waals surface area contributed by atoms with Crippen LogP contribution in [-0.4, -0.2) is 48.5 Å². The van der Waals surface area contributed by atoms with Gasteiger partial charge < -0.3 is 16.0 Å². The molecule has 0 spiro atoms. The highest BCUT2D eigenvalue weighted by atomic mass is 15.1. The Balaban J connectivity index is 1.42. The van der Waals surface area contributed by atoms with Gasteiger partial charge in [0.15, 0.2) is 0 Å². The number of hydrogen-bond acceptors (Lipinski definition) is 8. The van der Waals surface area contributed by atoms with Crippen LogP contribution >= 0.6 is 0 Å². The van der Waals surface area contributed by atoms with E-state index < -0.39 is 0 Å². The Kier molecular flexibility index (Phi) is 5.64. The molecule has 3 N–H and O–H groups in total. The van der Waals surface area contributed by atoms with E-state index in [1.165, 1.54) is 12.8 Å². The maximum atomic E-state index is 4.87. The minimum Gasteiger partial charge on any atom is -0.351 e. The van der Waals surface area contributed by atoms with Crippen molar-refractivity contribution in [1.29, 1.82) is 0 Å². The fourth-order valence-electron chi connectivity index (χ4n) is 4.22. The number of nitrogens with zero attached hydrogens (tertiary/aromatic N) is 6. The van der Waals surface area contributed by atoms with Crippen LogP contribution in [0, 0.1) is 6.92 Å². The zero-order chi connectivity index (χ0) is 21.9. The summed E-state index contributed by atoms with van der Waals surface area (Å²) in [6.07, 6.45) is 15.3. The van der Waals surface area contributed by atoms with Gasteiger partial charge in [0, 0.05) is 36.9 Å². The summed E-state index contributed by atoms with van der Waals surface area (Å²) in [5, 5.41) is 10.2. The molecule has 0 unspecified atom stereocenters. The summed E-state index contributed by atoms with van der Waals surface area (Å²) in [5.74, 6) is 1.36. The lowest BCUT2D eigenvalue weighted by atomic mass is 9.91. The van der Waals surface area contributed by atoms with Crippen molar-refractivity contribution in [3.8, 4) is 11.4 Å². The number of nitrogens with one attached hydrogen (secondary N) is 3. The summed E-state index contributed by atoms with van der Waals surface area (Å²) in [6.45, 7) is 2.03. The molecule has 4 aromatic rings. The molecule has 1 saturated carbocycles. The second-order valence-corrected chi connectivity index (χ2v) is 8.21. The van der Waals surface area contributed by atoms with Crippen LogP contribution in [0.15, 0.2) is 49.3 Å². The molecule has 0 radical (unpaired) electrons. The first-order valence-corrected chi connectivity index (χ1v) is 11.0. The molecule has 9 heteroatoms. The Labute approximate surface area is 186 Å². The molecular formula is C23H27N9. The third-order valence-corrected chi connectivity index (χ3v) is 6.02. The van der Waals surface area contributed by atoms with E-state index in [2.05, 4.69) is 35.9 Å². The molecule has 0 aromatic carbocycles. The summed E-state index contributed by atoms with van der Waals surface area (Å²) in [5.41, 5.74) is 4.54. The number of anilines is 3. The number of hydrogen-bond donors (Lipinski definition) is 3. The first-order chi connectivity index (χ1) is 15.7. The van der Waals surface area contributed by atoms with Gasteiger partial charge >= 0.3 is 0 Å². The van der Waals surface area contributed by atoms with Gasteiger partial charge in [0.05, 0.1) is 29.5 Å². The first-order valence-electron chi connectivity index (χ1n) is 11.0. The Morgan fingerprint density at radius 3 is 2.56 bits per heavy atom. The summed E-state index contributed by atoms with van der Waals surface area (Å²) >= 11 is 0. The van der Waals surface area contributed by atoms with Crippen LogP contribution in [0.1, 0.15) is 31.2 Å². The molecule has 1 fully saturated rings. The van der Waals surface area contributed by atoms with E-state index in [0.29, 0.717) is 23.8 Å². The minimum atomic E-state index is 0.403. The van der Waals surface area contributed by atoms with Crippen molar-refractivity contribution < 1.29 is 0 Å². The summed E-state index contributed by atoms with van der Waals surface area (Å²) in [6, 6.07) is 4.96. The maximum absolute atomic E-state index is 4.87. The van der Waals surface area contributed by atoms with Crippen molar-refractivity contribution in [1.82, 2.24) is 34.6 Å². The lowest BCUT2D eigenvalue weighted by Crippen LogP contribution is -2.35. The second-order valence-electron chi connectivity index (χ2n) is 8.21. The molecular weight excluding hydrogens is 402 g/mol. The monoisotopic (exact) mass is 429 g/mol. The molecule has 0 aliphatic heterocycles. The molecule has 4 aromatic heterocycles. The van der Waals surface area contributed by atoms with Crippen molar-refractivity contribution in [3.05, 3.63) is 54.9 Å². The van der Waals surface area contributed by atoms with E-state index in [9.17, 15) is 0 Å².